The van der Waals surface area contributed by atoms with Crippen LogP contribution in [0.4, 0.5) is 5.82 Å². The van der Waals surface area contributed by atoms with Crippen LogP contribution in [0.5, 0.6) is 0 Å². The van der Waals surface area contributed by atoms with Gasteiger partial charge >= 0.3 is 0 Å². The Morgan fingerprint density at radius 2 is 2.18 bits per heavy atom. The highest BCUT2D eigenvalue weighted by Crippen LogP contribution is 2.19. The fraction of sp³-hybridized carbons (Fsp3) is 0.571. The Balaban J connectivity index is 1.77. The number of hydrogen-bond donors (Lipinski definition) is 1. The van der Waals surface area contributed by atoms with Gasteiger partial charge in [-0.05, 0) is 39.0 Å². The summed E-state index contributed by atoms with van der Waals surface area (Å²) in [6.45, 7) is 2.96. The smallest absolute Gasteiger partial charge is 0.129 e. The second-order valence-corrected chi connectivity index (χ2v) is 4.68. The van der Waals surface area contributed by atoms with Gasteiger partial charge in [0.25, 0.3) is 0 Å². The maximum atomic E-state index is 4.20. The third kappa shape index (κ3) is 4.17. The highest BCUT2D eigenvalue weighted by Gasteiger charge is 2.02. The molecule has 17 heavy (non-hydrogen) atoms. The Bertz CT molecular complexity index is 385. The van der Waals surface area contributed by atoms with E-state index in [1.165, 1.54) is 32.1 Å². The molecule has 0 atom stereocenters. The van der Waals surface area contributed by atoms with Crippen LogP contribution in [0.1, 0.15) is 44.2 Å². The Labute approximate surface area is 103 Å². The van der Waals surface area contributed by atoms with Gasteiger partial charge in [0.2, 0.25) is 0 Å². The third-order valence-electron chi connectivity index (χ3n) is 3.19. The van der Waals surface area contributed by atoms with Crippen molar-refractivity contribution in [3.8, 4) is 0 Å². The number of nitrogens with zero attached hydrogens (tertiary/aromatic N) is 2. The molecule has 0 saturated carbocycles. The first kappa shape index (κ1) is 12.1. The van der Waals surface area contributed by atoms with Crippen molar-refractivity contribution in [3.05, 3.63) is 29.7 Å². The molecule has 3 nitrogen and oxygen atoms in total. The average Bonchev–Trinajstić information content (AvgIpc) is 2.58. The summed E-state index contributed by atoms with van der Waals surface area (Å²) in [7, 11) is 0. The summed E-state index contributed by atoms with van der Waals surface area (Å²) >= 11 is 0. The number of aromatic nitrogens is 2. The number of hydrogen-bond acceptors (Lipinski definition) is 3. The first-order valence-electron chi connectivity index (χ1n) is 6.55. The quantitative estimate of drug-likeness (QED) is 0.806. The van der Waals surface area contributed by atoms with Gasteiger partial charge in [-0.25, -0.2) is 9.97 Å². The van der Waals surface area contributed by atoms with Gasteiger partial charge < -0.3 is 5.32 Å². The van der Waals surface area contributed by atoms with Gasteiger partial charge in [-0.2, -0.15) is 0 Å². The summed E-state index contributed by atoms with van der Waals surface area (Å²) in [5.74, 6) is 0.937. The van der Waals surface area contributed by atoms with Crippen LogP contribution in [0.25, 0.3) is 0 Å². The predicted octanol–water partition coefficient (Wildman–Crippen LogP) is 3.48. The second-order valence-electron chi connectivity index (χ2n) is 4.68. The molecule has 1 aromatic heterocycles. The van der Waals surface area contributed by atoms with E-state index < -0.39 is 0 Å². The molecule has 0 unspecified atom stereocenters. The lowest BCUT2D eigenvalue weighted by Gasteiger charge is -2.08. The molecule has 0 amide bonds. The van der Waals surface area contributed by atoms with E-state index in [9.17, 15) is 0 Å². The fourth-order valence-electron chi connectivity index (χ4n) is 2.21. The molecule has 0 fully saturated rings. The van der Waals surface area contributed by atoms with Gasteiger partial charge in [-0.1, -0.05) is 18.1 Å². The molecule has 1 aliphatic carbocycles. The monoisotopic (exact) mass is 231 g/mol. The molecule has 0 bridgehead atoms. The van der Waals surface area contributed by atoms with Crippen LogP contribution in [0.15, 0.2) is 24.0 Å². The van der Waals surface area contributed by atoms with Gasteiger partial charge in [0.15, 0.2) is 0 Å². The first-order chi connectivity index (χ1) is 8.34. The van der Waals surface area contributed by atoms with Gasteiger partial charge in [0, 0.05) is 18.3 Å². The predicted molar refractivity (Wildman–Crippen MR) is 71.0 cm³/mol. The summed E-state index contributed by atoms with van der Waals surface area (Å²) in [4.78, 5) is 8.29. The van der Waals surface area contributed by atoms with E-state index in [1.54, 1.807) is 11.9 Å². The molecule has 1 heterocycles. The average molecular weight is 231 g/mol. The normalized spacial score (nSPS) is 16.2. The van der Waals surface area contributed by atoms with E-state index in [0.717, 1.165) is 24.5 Å². The Morgan fingerprint density at radius 1 is 1.24 bits per heavy atom. The summed E-state index contributed by atoms with van der Waals surface area (Å²) in [5, 5.41) is 3.36. The minimum absolute atomic E-state index is 0.937. The van der Waals surface area contributed by atoms with E-state index >= 15 is 0 Å². The number of anilines is 1. The topological polar surface area (TPSA) is 37.8 Å². The molecule has 1 N–H and O–H groups in total. The second kappa shape index (κ2) is 6.38. The minimum atomic E-state index is 0.937. The summed E-state index contributed by atoms with van der Waals surface area (Å²) in [5.41, 5.74) is 2.62. The van der Waals surface area contributed by atoms with Crippen molar-refractivity contribution in [2.24, 2.45) is 0 Å². The molecule has 1 aliphatic rings. The molecule has 1 aromatic rings. The van der Waals surface area contributed by atoms with Gasteiger partial charge in [-0.15, -0.1) is 0 Å². The van der Waals surface area contributed by atoms with E-state index in [1.807, 2.05) is 13.0 Å². The van der Waals surface area contributed by atoms with Crippen molar-refractivity contribution < 1.29 is 0 Å². The standard InChI is InChI=1S/C14H21N3/c1-12-10-14(17-11-16-12)15-9-8-13-6-4-2-3-5-7-13/h6,10-11H,2-5,7-9H2,1H3,(H,15,16,17). The van der Waals surface area contributed by atoms with Crippen molar-refractivity contribution in [2.75, 3.05) is 11.9 Å². The summed E-state index contributed by atoms with van der Waals surface area (Å²) < 4.78 is 0. The van der Waals surface area contributed by atoms with Crippen molar-refractivity contribution in [1.82, 2.24) is 9.97 Å². The Hall–Kier alpha value is -1.38. The Kier molecular flexibility index (Phi) is 4.54. The highest BCUT2D eigenvalue weighted by atomic mass is 15.0. The molecule has 2 rings (SSSR count). The largest absolute Gasteiger partial charge is 0.370 e. The first-order valence-corrected chi connectivity index (χ1v) is 6.55. The van der Waals surface area contributed by atoms with Gasteiger partial charge in [0.05, 0.1) is 0 Å². The molecular formula is C14H21N3. The van der Waals surface area contributed by atoms with Crippen LogP contribution in [0, 0.1) is 6.92 Å². The lowest BCUT2D eigenvalue weighted by molar-refractivity contribution is 0.704. The van der Waals surface area contributed by atoms with E-state index in [2.05, 4.69) is 21.4 Å². The molecule has 0 radical (unpaired) electrons. The van der Waals surface area contributed by atoms with Crippen LogP contribution in [-0.2, 0) is 0 Å². The van der Waals surface area contributed by atoms with Crippen LogP contribution >= 0.6 is 0 Å². The Morgan fingerprint density at radius 3 is 3.06 bits per heavy atom. The third-order valence-corrected chi connectivity index (χ3v) is 3.19. The highest BCUT2D eigenvalue weighted by molar-refractivity contribution is 5.34. The van der Waals surface area contributed by atoms with Crippen LogP contribution in [0.3, 0.4) is 0 Å². The number of allylic oxidation sites excluding steroid dienone is 1. The SMILES string of the molecule is Cc1cc(NCCC2=CCCCCC2)ncn1. The maximum Gasteiger partial charge on any atom is 0.129 e. The molecule has 0 spiro atoms. The maximum absolute atomic E-state index is 4.20. The number of aryl methyl sites for hydroxylation is 1. The lowest BCUT2D eigenvalue weighted by atomic mass is 10.1. The van der Waals surface area contributed by atoms with Gasteiger partial charge in [-0.3, -0.25) is 0 Å². The zero-order valence-corrected chi connectivity index (χ0v) is 10.6. The molecule has 0 aromatic carbocycles. The summed E-state index contributed by atoms with van der Waals surface area (Å²) in [6, 6.07) is 1.99. The molecule has 0 saturated heterocycles. The van der Waals surface area contributed by atoms with Gasteiger partial charge in [0.1, 0.15) is 12.1 Å². The zero-order chi connectivity index (χ0) is 11.9. The van der Waals surface area contributed by atoms with Crippen LogP contribution in [0.2, 0.25) is 0 Å². The van der Waals surface area contributed by atoms with Crippen molar-refractivity contribution in [3.63, 3.8) is 0 Å². The van der Waals surface area contributed by atoms with Crippen LogP contribution in [-0.4, -0.2) is 16.5 Å². The van der Waals surface area contributed by atoms with E-state index in [-0.39, 0.29) is 0 Å². The van der Waals surface area contributed by atoms with Crippen LogP contribution < -0.4 is 5.32 Å². The van der Waals surface area contributed by atoms with E-state index in [0.29, 0.717) is 0 Å². The van der Waals surface area contributed by atoms with Crippen molar-refractivity contribution in [2.45, 2.75) is 45.4 Å². The van der Waals surface area contributed by atoms with Crippen molar-refractivity contribution >= 4 is 5.82 Å². The van der Waals surface area contributed by atoms with E-state index in [4.69, 9.17) is 0 Å². The fourth-order valence-corrected chi connectivity index (χ4v) is 2.21. The number of nitrogens with one attached hydrogen (secondary N) is 1. The molecule has 0 aliphatic heterocycles. The van der Waals surface area contributed by atoms with Crippen molar-refractivity contribution in [1.29, 1.82) is 0 Å². The molecular weight excluding hydrogens is 210 g/mol. The number of rotatable bonds is 4. The zero-order valence-electron chi connectivity index (χ0n) is 10.6. The summed E-state index contributed by atoms with van der Waals surface area (Å²) in [6.07, 6.45) is 11.8. The molecule has 92 valence electrons. The minimum Gasteiger partial charge on any atom is -0.370 e. The molecule has 3 heteroatoms. The lowest BCUT2D eigenvalue weighted by Crippen LogP contribution is -2.05.